The fourth-order valence-corrected chi connectivity index (χ4v) is 11.1. The normalized spacial score (nSPS) is 14.4. The van der Waals surface area contributed by atoms with Crippen molar-refractivity contribution in [1.82, 2.24) is 0 Å². The number of unbranched alkanes of at least 4 members (excludes halogenated alkanes) is 4. The summed E-state index contributed by atoms with van der Waals surface area (Å²) in [7, 11) is 0. The van der Waals surface area contributed by atoms with Gasteiger partial charge in [-0.1, -0.05) is 0 Å². The molecule has 0 bridgehead atoms. The molecule has 41 heavy (non-hydrogen) atoms. The molecule has 0 saturated carbocycles. The number of benzene rings is 2. The first-order valence-corrected chi connectivity index (χ1v) is 20.0. The summed E-state index contributed by atoms with van der Waals surface area (Å²) in [6.07, 6.45) is 17.8. The Morgan fingerprint density at radius 2 is 1.56 bits per heavy atom. The number of halogens is 1. The molecule has 4 rings (SSSR count). The molecule has 0 aliphatic carbocycles. The fourth-order valence-electron chi connectivity index (χ4n) is 5.55. The Bertz CT molecular complexity index is 1320. The number of allylic oxidation sites excluding steroid dienone is 2. The average Bonchev–Trinajstić information content (AvgIpc) is 3.46. The third-order valence-electron chi connectivity index (χ3n) is 7.87. The van der Waals surface area contributed by atoms with Gasteiger partial charge in [-0.15, -0.1) is 0 Å². The predicted octanol–water partition coefficient (Wildman–Crippen LogP) is 5.20. The van der Waals surface area contributed by atoms with Gasteiger partial charge in [-0.05, 0) is 0 Å². The maximum Gasteiger partial charge on any atom is -1.00 e. The molecule has 3 aromatic rings. The largest absolute Gasteiger partial charge is 1.00 e. The number of nitrogens with zero attached hydrogens (tertiary/aromatic N) is 2. The Balaban J connectivity index is 0.00000462. The zero-order chi connectivity index (χ0) is 28.5. The van der Waals surface area contributed by atoms with E-state index in [1.54, 1.807) is 16.2 Å². The SMILES string of the molecule is CCCCCc1ccc2c(c1)N(CCC)/C(=C/C(=C/c1[te]c3ccc(CCCCC)cc3[n+]1CCC)C(C)C)[Se]2.[I-]. The second kappa shape index (κ2) is 17.7. The van der Waals surface area contributed by atoms with Crippen LogP contribution in [0.4, 0.5) is 5.69 Å². The Kier molecular flexibility index (Phi) is 15.0. The van der Waals surface area contributed by atoms with E-state index in [2.05, 4.69) is 99.6 Å². The summed E-state index contributed by atoms with van der Waals surface area (Å²) in [6, 6.07) is 14.8. The number of aryl methyl sites for hydroxylation is 3. The van der Waals surface area contributed by atoms with Gasteiger partial charge in [0, 0.05) is 0 Å². The third kappa shape index (κ3) is 9.21. The van der Waals surface area contributed by atoms with Crippen LogP contribution in [0.3, 0.4) is 0 Å². The Hall–Kier alpha value is -0.571. The van der Waals surface area contributed by atoms with Crippen LogP contribution >= 0.6 is 0 Å². The summed E-state index contributed by atoms with van der Waals surface area (Å²) in [4.78, 5) is 2.66. The Labute approximate surface area is 283 Å². The fraction of sp³-hybridized carbons (Fsp3) is 0.528. The van der Waals surface area contributed by atoms with Gasteiger partial charge in [0.25, 0.3) is 0 Å². The average molecular weight is 845 g/mol. The van der Waals surface area contributed by atoms with Crippen LogP contribution in [0, 0.1) is 5.92 Å². The van der Waals surface area contributed by atoms with Gasteiger partial charge in [-0.2, -0.15) is 0 Å². The quantitative estimate of drug-likeness (QED) is 0.0884. The molecule has 224 valence electrons. The molecular formula is C36H51IN2SeTe. The van der Waals surface area contributed by atoms with Crippen molar-refractivity contribution in [2.75, 3.05) is 11.4 Å². The van der Waals surface area contributed by atoms with Crippen molar-refractivity contribution < 1.29 is 28.5 Å². The maximum atomic E-state index is 2.68. The van der Waals surface area contributed by atoms with Crippen LogP contribution in [-0.4, -0.2) is 41.9 Å². The Morgan fingerprint density at radius 1 is 0.878 bits per heavy atom. The minimum atomic E-state index is -0.373. The molecular weight excluding hydrogens is 794 g/mol. The maximum absolute atomic E-state index is 2.68. The molecule has 2 aromatic carbocycles. The number of aromatic nitrogens is 1. The molecule has 0 N–H and O–H groups in total. The molecule has 5 heteroatoms. The van der Waals surface area contributed by atoms with E-state index >= 15 is 0 Å². The smallest absolute Gasteiger partial charge is 1.00 e. The summed E-state index contributed by atoms with van der Waals surface area (Å²) < 4.78 is 9.03. The molecule has 0 spiro atoms. The molecule has 0 atom stereocenters. The van der Waals surface area contributed by atoms with E-state index in [-0.39, 0.29) is 44.4 Å². The summed E-state index contributed by atoms with van der Waals surface area (Å²) in [5, 5.41) is 0. The van der Waals surface area contributed by atoms with Crippen molar-refractivity contribution in [3.63, 3.8) is 0 Å². The number of hydrogen-bond donors (Lipinski definition) is 0. The summed E-state index contributed by atoms with van der Waals surface area (Å²) in [6.45, 7) is 16.2. The minimum absolute atomic E-state index is 0. The van der Waals surface area contributed by atoms with Crippen molar-refractivity contribution in [3.05, 3.63) is 67.5 Å². The van der Waals surface area contributed by atoms with Gasteiger partial charge < -0.3 is 24.0 Å². The van der Waals surface area contributed by atoms with E-state index in [0.717, 1.165) is 13.1 Å². The van der Waals surface area contributed by atoms with Gasteiger partial charge in [0.1, 0.15) is 0 Å². The first-order chi connectivity index (χ1) is 19.5. The zero-order valence-corrected chi connectivity index (χ0v) is 32.5. The first-order valence-electron chi connectivity index (χ1n) is 16.0. The topological polar surface area (TPSA) is 7.12 Å². The number of hydrogen-bond acceptors (Lipinski definition) is 1. The summed E-state index contributed by atoms with van der Waals surface area (Å²) >= 11 is -0.000620. The number of fused-ring (bicyclic) bond motifs is 2. The van der Waals surface area contributed by atoms with Crippen LogP contribution in [0.15, 0.2) is 52.6 Å². The van der Waals surface area contributed by atoms with Crippen LogP contribution in [0.1, 0.15) is 108 Å². The molecule has 0 fully saturated rings. The van der Waals surface area contributed by atoms with Crippen molar-refractivity contribution in [3.8, 4) is 0 Å². The van der Waals surface area contributed by atoms with E-state index in [1.165, 1.54) is 92.1 Å². The van der Waals surface area contributed by atoms with E-state index in [0.29, 0.717) is 20.9 Å². The van der Waals surface area contributed by atoms with Gasteiger partial charge in [0.2, 0.25) is 0 Å². The van der Waals surface area contributed by atoms with E-state index in [9.17, 15) is 0 Å². The van der Waals surface area contributed by atoms with Crippen LogP contribution < -0.4 is 37.9 Å². The second-order valence-electron chi connectivity index (χ2n) is 11.6. The minimum Gasteiger partial charge on any atom is -1.00 e. The van der Waals surface area contributed by atoms with Gasteiger partial charge in [0.05, 0.1) is 0 Å². The predicted molar refractivity (Wildman–Crippen MR) is 178 cm³/mol. The van der Waals surface area contributed by atoms with Crippen molar-refractivity contribution in [2.24, 2.45) is 5.92 Å². The zero-order valence-electron chi connectivity index (χ0n) is 26.3. The monoisotopic (exact) mass is 848 g/mol. The van der Waals surface area contributed by atoms with Crippen LogP contribution in [0.25, 0.3) is 15.0 Å². The molecule has 0 radical (unpaired) electrons. The summed E-state index contributed by atoms with van der Waals surface area (Å²) in [5.41, 5.74) is 7.54. The second-order valence-corrected chi connectivity index (χ2v) is 16.9. The van der Waals surface area contributed by atoms with E-state index < -0.39 is 0 Å². The van der Waals surface area contributed by atoms with Gasteiger partial charge in [-0.3, -0.25) is 0 Å². The van der Waals surface area contributed by atoms with E-state index in [1.807, 2.05) is 0 Å². The van der Waals surface area contributed by atoms with Crippen molar-refractivity contribution in [2.45, 2.75) is 112 Å². The van der Waals surface area contributed by atoms with Crippen LogP contribution in [0.5, 0.6) is 0 Å². The first kappa shape index (κ1) is 34.9. The molecule has 1 aliphatic heterocycles. The molecule has 0 amide bonds. The van der Waals surface area contributed by atoms with Crippen LogP contribution in [-0.2, 0) is 19.4 Å². The molecule has 2 heterocycles. The molecule has 0 unspecified atom stereocenters. The van der Waals surface area contributed by atoms with Crippen molar-refractivity contribution in [1.29, 1.82) is 0 Å². The Morgan fingerprint density at radius 3 is 2.20 bits per heavy atom. The number of anilines is 1. The van der Waals surface area contributed by atoms with Gasteiger partial charge >= 0.3 is 262 Å². The van der Waals surface area contributed by atoms with Gasteiger partial charge in [0.15, 0.2) is 0 Å². The summed E-state index contributed by atoms with van der Waals surface area (Å²) in [5.74, 6) is 0.511. The van der Waals surface area contributed by atoms with Gasteiger partial charge in [-0.25, -0.2) is 0 Å². The molecule has 1 aromatic heterocycles. The standard InChI is InChI=1S/C36H51N2SeTe.HI/c1-7-11-13-15-28-17-19-33-31(23-28)37(21-9-3)35(39-33)25-30(27(5)6)26-36-38(22-10-4)32-24-29(16-14-12-8-2)18-20-34(32)40-36;/h17-20,23-27H,7-16,21-22H2,1-6H3;1H/q+1;/p-1. The molecule has 1 aliphatic rings. The number of rotatable bonds is 15. The molecule has 0 saturated heterocycles. The molecule has 2 nitrogen and oxygen atoms in total. The van der Waals surface area contributed by atoms with Crippen LogP contribution in [0.2, 0.25) is 0 Å². The van der Waals surface area contributed by atoms with E-state index in [4.69, 9.17) is 0 Å². The van der Waals surface area contributed by atoms with Crippen molar-refractivity contribution >= 4 is 60.5 Å². The third-order valence-corrected chi connectivity index (χ3v) is 13.4.